The molecule has 1 aromatic carbocycles. The first-order valence-electron chi connectivity index (χ1n) is 6.58. The highest BCUT2D eigenvalue weighted by Gasteiger charge is 2.35. The Bertz CT molecular complexity index is 396. The van der Waals surface area contributed by atoms with Gasteiger partial charge in [0.2, 0.25) is 0 Å². The third kappa shape index (κ3) is 2.91. The third-order valence-electron chi connectivity index (χ3n) is 3.61. The van der Waals surface area contributed by atoms with Crippen LogP contribution in [0.15, 0.2) is 30.3 Å². The summed E-state index contributed by atoms with van der Waals surface area (Å²) in [5.41, 5.74) is 1.33. The van der Waals surface area contributed by atoms with Gasteiger partial charge in [0.25, 0.3) is 0 Å². The van der Waals surface area contributed by atoms with Crippen LogP contribution in [0, 0.1) is 11.8 Å². The lowest BCUT2D eigenvalue weighted by molar-refractivity contribution is -0.140. The molecule has 1 heterocycles. The molecule has 1 N–H and O–H groups in total. The first kappa shape index (κ1) is 13.1. The maximum Gasteiger partial charge on any atom is 0.303 e. The number of carbonyl (C=O) groups is 1. The number of nitrogens with zero attached hydrogens (tertiary/aromatic N) is 1. The van der Waals surface area contributed by atoms with E-state index < -0.39 is 5.97 Å². The predicted octanol–water partition coefficient (Wildman–Crippen LogP) is 2.79. The average molecular weight is 247 g/mol. The van der Waals surface area contributed by atoms with E-state index in [1.807, 2.05) is 6.07 Å². The van der Waals surface area contributed by atoms with E-state index in [1.54, 1.807) is 0 Å². The standard InChI is InChI=1S/C15H21NO2/c1-11(2)15(13-6-4-3-5-7-13)16-9-12(10-16)8-14(17)18/h3-7,11-12,15H,8-10H2,1-2H3,(H,17,18). The molecule has 0 spiro atoms. The Morgan fingerprint density at radius 3 is 2.44 bits per heavy atom. The minimum Gasteiger partial charge on any atom is -0.481 e. The molecule has 0 aromatic heterocycles. The molecular formula is C15H21NO2. The van der Waals surface area contributed by atoms with E-state index in [-0.39, 0.29) is 0 Å². The fraction of sp³-hybridized carbons (Fsp3) is 0.533. The monoisotopic (exact) mass is 247 g/mol. The average Bonchev–Trinajstić information content (AvgIpc) is 2.26. The van der Waals surface area contributed by atoms with Crippen LogP contribution < -0.4 is 0 Å². The van der Waals surface area contributed by atoms with Crippen molar-refractivity contribution in [3.05, 3.63) is 35.9 Å². The number of carboxylic acids is 1. The van der Waals surface area contributed by atoms with Crippen LogP contribution in [-0.4, -0.2) is 29.1 Å². The van der Waals surface area contributed by atoms with Crippen molar-refractivity contribution >= 4 is 5.97 Å². The second-order valence-corrected chi connectivity index (χ2v) is 5.52. The summed E-state index contributed by atoms with van der Waals surface area (Å²) in [5, 5.41) is 8.78. The van der Waals surface area contributed by atoms with E-state index in [9.17, 15) is 4.79 Å². The molecule has 0 radical (unpaired) electrons. The van der Waals surface area contributed by atoms with Crippen molar-refractivity contribution in [2.24, 2.45) is 11.8 Å². The highest BCUT2D eigenvalue weighted by molar-refractivity contribution is 5.67. The van der Waals surface area contributed by atoms with Crippen LogP contribution in [0.5, 0.6) is 0 Å². The van der Waals surface area contributed by atoms with Gasteiger partial charge < -0.3 is 5.11 Å². The number of likely N-dealkylation sites (tertiary alicyclic amines) is 1. The third-order valence-corrected chi connectivity index (χ3v) is 3.61. The highest BCUT2D eigenvalue weighted by Crippen LogP contribution is 2.35. The molecule has 0 saturated carbocycles. The van der Waals surface area contributed by atoms with Crippen LogP contribution in [0.2, 0.25) is 0 Å². The minimum absolute atomic E-state index is 0.302. The second kappa shape index (κ2) is 5.53. The molecule has 98 valence electrons. The van der Waals surface area contributed by atoms with E-state index in [1.165, 1.54) is 5.56 Å². The number of hydrogen-bond donors (Lipinski definition) is 1. The molecule has 1 aromatic rings. The first-order valence-corrected chi connectivity index (χ1v) is 6.58. The maximum atomic E-state index is 10.7. The summed E-state index contributed by atoms with van der Waals surface area (Å²) in [7, 11) is 0. The van der Waals surface area contributed by atoms with Crippen molar-refractivity contribution in [2.45, 2.75) is 26.3 Å². The van der Waals surface area contributed by atoms with Crippen molar-refractivity contribution in [2.75, 3.05) is 13.1 Å². The zero-order chi connectivity index (χ0) is 13.1. The Balaban J connectivity index is 2.00. The van der Waals surface area contributed by atoms with Gasteiger partial charge in [-0.15, -0.1) is 0 Å². The largest absolute Gasteiger partial charge is 0.481 e. The van der Waals surface area contributed by atoms with Gasteiger partial charge in [0.15, 0.2) is 0 Å². The van der Waals surface area contributed by atoms with Crippen LogP contribution in [0.25, 0.3) is 0 Å². The van der Waals surface area contributed by atoms with Crippen molar-refractivity contribution < 1.29 is 9.90 Å². The number of rotatable bonds is 5. The Morgan fingerprint density at radius 2 is 1.94 bits per heavy atom. The molecule has 0 aliphatic carbocycles. The number of aliphatic carboxylic acids is 1. The molecule has 1 atom stereocenters. The number of carboxylic acid groups (broad SMARTS) is 1. The summed E-state index contributed by atoms with van der Waals surface area (Å²) in [6.07, 6.45) is 0.302. The zero-order valence-corrected chi connectivity index (χ0v) is 11.0. The molecule has 1 saturated heterocycles. The molecule has 1 aliphatic rings. The molecule has 1 fully saturated rings. The van der Waals surface area contributed by atoms with Crippen LogP contribution >= 0.6 is 0 Å². The molecule has 3 nitrogen and oxygen atoms in total. The normalized spacial score (nSPS) is 18.6. The Kier molecular flexibility index (Phi) is 4.02. The van der Waals surface area contributed by atoms with E-state index >= 15 is 0 Å². The Morgan fingerprint density at radius 1 is 1.33 bits per heavy atom. The molecule has 2 rings (SSSR count). The van der Waals surface area contributed by atoms with Crippen LogP contribution in [0.4, 0.5) is 0 Å². The minimum atomic E-state index is -0.680. The molecule has 0 bridgehead atoms. The van der Waals surface area contributed by atoms with Gasteiger partial charge in [0.05, 0.1) is 6.42 Å². The van der Waals surface area contributed by atoms with Crippen LogP contribution in [0.1, 0.15) is 31.9 Å². The van der Waals surface area contributed by atoms with Gasteiger partial charge in [-0.25, -0.2) is 0 Å². The summed E-state index contributed by atoms with van der Waals surface area (Å²) < 4.78 is 0. The Labute approximate surface area is 108 Å². The van der Waals surface area contributed by atoms with Gasteiger partial charge in [-0.3, -0.25) is 9.69 Å². The van der Waals surface area contributed by atoms with E-state index in [4.69, 9.17) is 5.11 Å². The van der Waals surface area contributed by atoms with Gasteiger partial charge in [-0.05, 0) is 17.4 Å². The maximum absolute atomic E-state index is 10.7. The molecule has 3 heteroatoms. The van der Waals surface area contributed by atoms with Crippen molar-refractivity contribution in [3.63, 3.8) is 0 Å². The fourth-order valence-corrected chi connectivity index (χ4v) is 2.88. The highest BCUT2D eigenvalue weighted by atomic mass is 16.4. The molecule has 1 unspecified atom stereocenters. The van der Waals surface area contributed by atoms with Gasteiger partial charge in [-0.1, -0.05) is 44.2 Å². The molecule has 0 amide bonds. The molecular weight excluding hydrogens is 226 g/mol. The van der Waals surface area contributed by atoms with Gasteiger partial charge in [0, 0.05) is 19.1 Å². The van der Waals surface area contributed by atoms with Crippen molar-refractivity contribution in [1.29, 1.82) is 0 Å². The smallest absolute Gasteiger partial charge is 0.303 e. The summed E-state index contributed by atoms with van der Waals surface area (Å²) in [6, 6.07) is 10.9. The predicted molar refractivity (Wildman–Crippen MR) is 71.3 cm³/mol. The summed E-state index contributed by atoms with van der Waals surface area (Å²) in [5.74, 6) is 0.186. The van der Waals surface area contributed by atoms with Crippen molar-refractivity contribution in [1.82, 2.24) is 4.90 Å². The lowest BCUT2D eigenvalue weighted by atomic mass is 9.87. The van der Waals surface area contributed by atoms with Gasteiger partial charge in [0.1, 0.15) is 0 Å². The topological polar surface area (TPSA) is 40.5 Å². The van der Waals surface area contributed by atoms with Gasteiger partial charge in [-0.2, -0.15) is 0 Å². The zero-order valence-electron chi connectivity index (χ0n) is 11.0. The van der Waals surface area contributed by atoms with E-state index in [0.717, 1.165) is 13.1 Å². The van der Waals surface area contributed by atoms with E-state index in [0.29, 0.717) is 24.3 Å². The Hall–Kier alpha value is -1.35. The lowest BCUT2D eigenvalue weighted by Crippen LogP contribution is -2.50. The summed E-state index contributed by atoms with van der Waals surface area (Å²) >= 11 is 0. The fourth-order valence-electron chi connectivity index (χ4n) is 2.88. The SMILES string of the molecule is CC(C)C(c1ccccc1)N1CC(CC(=O)O)C1. The number of benzene rings is 1. The second-order valence-electron chi connectivity index (χ2n) is 5.52. The van der Waals surface area contributed by atoms with Crippen molar-refractivity contribution in [3.8, 4) is 0 Å². The molecule has 1 aliphatic heterocycles. The first-order chi connectivity index (χ1) is 8.58. The van der Waals surface area contributed by atoms with Gasteiger partial charge >= 0.3 is 5.97 Å². The van der Waals surface area contributed by atoms with Crippen LogP contribution in [0.3, 0.4) is 0 Å². The summed E-state index contributed by atoms with van der Waals surface area (Å²) in [4.78, 5) is 13.1. The van der Waals surface area contributed by atoms with Crippen LogP contribution in [-0.2, 0) is 4.79 Å². The number of hydrogen-bond acceptors (Lipinski definition) is 2. The lowest BCUT2D eigenvalue weighted by Gasteiger charge is -2.45. The quantitative estimate of drug-likeness (QED) is 0.869. The van der Waals surface area contributed by atoms with E-state index in [2.05, 4.69) is 43.0 Å². The molecule has 18 heavy (non-hydrogen) atoms. The summed E-state index contributed by atoms with van der Waals surface area (Å²) in [6.45, 7) is 6.26.